The predicted molar refractivity (Wildman–Crippen MR) is 92.7 cm³/mol. The second kappa shape index (κ2) is 8.19. The molecule has 21 heavy (non-hydrogen) atoms. The van der Waals surface area contributed by atoms with Crippen LogP contribution in [0.1, 0.15) is 44.6 Å². The highest BCUT2D eigenvalue weighted by Gasteiger charge is 2.29. The first kappa shape index (κ1) is 16.8. The van der Waals surface area contributed by atoms with E-state index in [0.717, 1.165) is 24.6 Å². The minimum Gasteiger partial charge on any atom is -0.497 e. The van der Waals surface area contributed by atoms with E-state index in [0.29, 0.717) is 11.8 Å². The summed E-state index contributed by atoms with van der Waals surface area (Å²) < 4.78 is 6.56. The molecular formula is C18H28BrNO. The lowest BCUT2D eigenvalue weighted by atomic mass is 9.70. The molecule has 2 rings (SSSR count). The monoisotopic (exact) mass is 353 g/mol. The second-order valence-corrected chi connectivity index (χ2v) is 7.24. The maximum absolute atomic E-state index is 6.02. The Balaban J connectivity index is 2.10. The number of nitrogens with two attached hydrogens (primary N) is 1. The molecule has 1 aliphatic rings. The molecule has 0 aromatic heterocycles. The van der Waals surface area contributed by atoms with Gasteiger partial charge in [0.1, 0.15) is 5.75 Å². The third-order valence-electron chi connectivity index (χ3n) is 4.98. The van der Waals surface area contributed by atoms with E-state index < -0.39 is 0 Å². The zero-order valence-electron chi connectivity index (χ0n) is 13.3. The molecule has 0 radical (unpaired) electrons. The zero-order chi connectivity index (χ0) is 15.2. The Kier molecular flexibility index (Phi) is 6.56. The highest BCUT2D eigenvalue weighted by Crippen LogP contribution is 2.38. The van der Waals surface area contributed by atoms with Crippen molar-refractivity contribution in [3.05, 3.63) is 28.2 Å². The number of benzene rings is 1. The van der Waals surface area contributed by atoms with Crippen LogP contribution in [0.4, 0.5) is 0 Å². The molecule has 0 aliphatic heterocycles. The lowest BCUT2D eigenvalue weighted by molar-refractivity contribution is 0.175. The van der Waals surface area contributed by atoms with Gasteiger partial charge >= 0.3 is 0 Å². The molecule has 1 aliphatic carbocycles. The molecule has 3 unspecified atom stereocenters. The zero-order valence-corrected chi connectivity index (χ0v) is 14.9. The summed E-state index contributed by atoms with van der Waals surface area (Å²) in [5.41, 5.74) is 7.38. The molecule has 3 atom stereocenters. The first-order valence-corrected chi connectivity index (χ1v) is 8.99. The lowest BCUT2D eigenvalue weighted by Gasteiger charge is -2.36. The fourth-order valence-electron chi connectivity index (χ4n) is 3.77. The smallest absolute Gasteiger partial charge is 0.119 e. The molecule has 0 amide bonds. The van der Waals surface area contributed by atoms with Crippen molar-refractivity contribution in [3.8, 4) is 5.75 Å². The van der Waals surface area contributed by atoms with Crippen molar-refractivity contribution in [1.82, 2.24) is 0 Å². The van der Waals surface area contributed by atoms with Crippen LogP contribution in [0.15, 0.2) is 22.7 Å². The topological polar surface area (TPSA) is 35.2 Å². The summed E-state index contributed by atoms with van der Waals surface area (Å²) in [6, 6.07) is 6.27. The van der Waals surface area contributed by atoms with Crippen LogP contribution in [0.5, 0.6) is 5.75 Å². The summed E-state index contributed by atoms with van der Waals surface area (Å²) in [5, 5.41) is 0. The molecular weight excluding hydrogens is 326 g/mol. The second-order valence-electron chi connectivity index (χ2n) is 6.39. The standard InChI is InChI=1S/C18H28BrNO/c1-3-4-13-5-6-14(12-20)15(9-13)10-16-11-17(21-2)7-8-18(16)19/h7-8,11,13-15H,3-6,9-10,12,20H2,1-2H3. The first-order chi connectivity index (χ1) is 10.2. The highest BCUT2D eigenvalue weighted by atomic mass is 79.9. The summed E-state index contributed by atoms with van der Waals surface area (Å²) in [6.45, 7) is 3.12. The summed E-state index contributed by atoms with van der Waals surface area (Å²) in [5.74, 6) is 3.23. The first-order valence-electron chi connectivity index (χ1n) is 8.20. The van der Waals surface area contributed by atoms with Crippen molar-refractivity contribution in [3.63, 3.8) is 0 Å². The largest absolute Gasteiger partial charge is 0.497 e. The van der Waals surface area contributed by atoms with Crippen molar-refractivity contribution < 1.29 is 4.74 Å². The molecule has 1 aromatic carbocycles. The van der Waals surface area contributed by atoms with Gasteiger partial charge in [-0.25, -0.2) is 0 Å². The quantitative estimate of drug-likeness (QED) is 0.797. The summed E-state index contributed by atoms with van der Waals surface area (Å²) in [6.07, 6.45) is 7.78. The predicted octanol–water partition coefficient (Wildman–Crippen LogP) is 4.79. The number of halogens is 1. The third kappa shape index (κ3) is 4.46. The highest BCUT2D eigenvalue weighted by molar-refractivity contribution is 9.10. The normalized spacial score (nSPS) is 25.8. The molecule has 2 nitrogen and oxygen atoms in total. The van der Waals surface area contributed by atoms with E-state index in [1.807, 2.05) is 6.07 Å². The Morgan fingerprint density at radius 2 is 2.10 bits per heavy atom. The third-order valence-corrected chi connectivity index (χ3v) is 5.76. The average Bonchev–Trinajstić information content (AvgIpc) is 2.50. The van der Waals surface area contributed by atoms with E-state index >= 15 is 0 Å². The number of hydrogen-bond acceptors (Lipinski definition) is 2. The molecule has 1 aromatic rings. The lowest BCUT2D eigenvalue weighted by Crippen LogP contribution is -2.31. The Morgan fingerprint density at radius 3 is 2.76 bits per heavy atom. The number of hydrogen-bond donors (Lipinski definition) is 1. The van der Waals surface area contributed by atoms with Gasteiger partial charge in [0.2, 0.25) is 0 Å². The van der Waals surface area contributed by atoms with Crippen LogP contribution in [0.3, 0.4) is 0 Å². The molecule has 1 fully saturated rings. The van der Waals surface area contributed by atoms with Crippen molar-refractivity contribution in [2.24, 2.45) is 23.5 Å². The summed E-state index contributed by atoms with van der Waals surface area (Å²) >= 11 is 3.69. The van der Waals surface area contributed by atoms with Gasteiger partial charge in [0.05, 0.1) is 7.11 Å². The minimum absolute atomic E-state index is 0.677. The van der Waals surface area contributed by atoms with Gasteiger partial charge in [-0.3, -0.25) is 0 Å². The Bertz CT molecular complexity index is 449. The van der Waals surface area contributed by atoms with Crippen LogP contribution in [0, 0.1) is 17.8 Å². The van der Waals surface area contributed by atoms with Crippen LogP contribution in [0.25, 0.3) is 0 Å². The molecule has 2 N–H and O–H groups in total. The van der Waals surface area contributed by atoms with E-state index in [-0.39, 0.29) is 0 Å². The van der Waals surface area contributed by atoms with Crippen LogP contribution < -0.4 is 10.5 Å². The Hall–Kier alpha value is -0.540. The van der Waals surface area contributed by atoms with E-state index in [1.54, 1.807) is 7.11 Å². The van der Waals surface area contributed by atoms with Gasteiger partial charge in [-0.1, -0.05) is 42.1 Å². The van der Waals surface area contributed by atoms with Gasteiger partial charge in [-0.2, -0.15) is 0 Å². The Morgan fingerprint density at radius 1 is 1.29 bits per heavy atom. The maximum atomic E-state index is 6.02. The van der Waals surface area contributed by atoms with Gasteiger partial charge in [-0.05, 0) is 67.3 Å². The number of rotatable bonds is 6. The fraction of sp³-hybridized carbons (Fsp3) is 0.667. The SMILES string of the molecule is CCCC1CCC(CN)C(Cc2cc(OC)ccc2Br)C1. The van der Waals surface area contributed by atoms with Crippen LogP contribution in [0.2, 0.25) is 0 Å². The van der Waals surface area contributed by atoms with Gasteiger partial charge in [-0.15, -0.1) is 0 Å². The molecule has 0 spiro atoms. The maximum Gasteiger partial charge on any atom is 0.119 e. The van der Waals surface area contributed by atoms with Gasteiger partial charge in [0.25, 0.3) is 0 Å². The van der Waals surface area contributed by atoms with E-state index in [9.17, 15) is 0 Å². The van der Waals surface area contributed by atoms with Crippen LogP contribution in [-0.2, 0) is 6.42 Å². The van der Waals surface area contributed by atoms with Gasteiger partial charge < -0.3 is 10.5 Å². The van der Waals surface area contributed by atoms with E-state index in [4.69, 9.17) is 10.5 Å². The van der Waals surface area contributed by atoms with Crippen molar-refractivity contribution in [1.29, 1.82) is 0 Å². The molecule has 3 heteroatoms. The fourth-order valence-corrected chi connectivity index (χ4v) is 4.18. The summed E-state index contributed by atoms with van der Waals surface area (Å²) in [7, 11) is 1.73. The van der Waals surface area contributed by atoms with Gasteiger partial charge in [0.15, 0.2) is 0 Å². The van der Waals surface area contributed by atoms with Crippen LogP contribution >= 0.6 is 15.9 Å². The van der Waals surface area contributed by atoms with Crippen molar-refractivity contribution in [2.45, 2.75) is 45.4 Å². The Labute approximate surface area is 137 Å². The van der Waals surface area contributed by atoms with E-state index in [1.165, 1.54) is 42.1 Å². The number of methoxy groups -OCH3 is 1. The van der Waals surface area contributed by atoms with Crippen LogP contribution in [-0.4, -0.2) is 13.7 Å². The average molecular weight is 354 g/mol. The van der Waals surface area contributed by atoms with E-state index in [2.05, 4.69) is 35.0 Å². The van der Waals surface area contributed by atoms with Crippen molar-refractivity contribution >= 4 is 15.9 Å². The number of ether oxygens (including phenoxy) is 1. The molecule has 0 heterocycles. The molecule has 0 bridgehead atoms. The molecule has 0 saturated heterocycles. The molecule has 1 saturated carbocycles. The minimum atomic E-state index is 0.677. The van der Waals surface area contributed by atoms with Crippen molar-refractivity contribution in [2.75, 3.05) is 13.7 Å². The molecule has 118 valence electrons. The van der Waals surface area contributed by atoms with Gasteiger partial charge in [0, 0.05) is 4.47 Å². The summed E-state index contributed by atoms with van der Waals surface area (Å²) in [4.78, 5) is 0.